The van der Waals surface area contributed by atoms with Gasteiger partial charge in [0.05, 0.1) is 12.2 Å². The van der Waals surface area contributed by atoms with E-state index >= 15 is 0 Å². The summed E-state index contributed by atoms with van der Waals surface area (Å²) in [7, 11) is 0. The number of rotatable bonds is 5. The zero-order valence-corrected chi connectivity index (χ0v) is 18.4. The van der Waals surface area contributed by atoms with E-state index in [1.165, 1.54) is 35.4 Å². The smallest absolute Gasteiger partial charge is 0.422 e. The van der Waals surface area contributed by atoms with Crippen LogP contribution in [0.5, 0.6) is 5.75 Å². The molecule has 1 N–H and O–H groups in total. The van der Waals surface area contributed by atoms with Crippen molar-refractivity contribution in [1.29, 1.82) is 0 Å². The van der Waals surface area contributed by atoms with Crippen LogP contribution in [0.4, 0.5) is 36.4 Å². The van der Waals surface area contributed by atoms with Gasteiger partial charge in [-0.25, -0.2) is 4.39 Å². The summed E-state index contributed by atoms with van der Waals surface area (Å²) in [5.74, 6) is -1.78. The third-order valence-electron chi connectivity index (χ3n) is 5.73. The van der Waals surface area contributed by atoms with Crippen LogP contribution < -0.4 is 9.64 Å². The highest BCUT2D eigenvalue weighted by Gasteiger charge is 2.51. The van der Waals surface area contributed by atoms with Crippen LogP contribution in [-0.4, -0.2) is 35.0 Å². The van der Waals surface area contributed by atoms with Gasteiger partial charge in [-0.1, -0.05) is 12.1 Å². The topological polar surface area (TPSA) is 62.7 Å². The van der Waals surface area contributed by atoms with Gasteiger partial charge < -0.3 is 14.7 Å². The molecule has 190 valence electrons. The SMILES string of the molecule is CC(O)(c1ccc(N2Cc3c(ccnc3-c3ccc(F)cc3OCC(F)(F)F)C2=O)cc1)C(F)(F)F. The second-order valence-corrected chi connectivity index (χ2v) is 8.24. The summed E-state index contributed by atoms with van der Waals surface area (Å²) < 4.78 is 96.0. The lowest BCUT2D eigenvalue weighted by atomic mass is 9.95. The number of hydrogen-bond donors (Lipinski definition) is 1. The van der Waals surface area contributed by atoms with Crippen molar-refractivity contribution in [2.24, 2.45) is 0 Å². The number of nitrogens with zero attached hydrogens (tertiary/aromatic N) is 2. The van der Waals surface area contributed by atoms with Crippen LogP contribution in [-0.2, 0) is 12.1 Å². The molecule has 2 aromatic carbocycles. The van der Waals surface area contributed by atoms with Gasteiger partial charge in [0.1, 0.15) is 11.6 Å². The van der Waals surface area contributed by atoms with E-state index in [-0.39, 0.29) is 29.1 Å². The summed E-state index contributed by atoms with van der Waals surface area (Å²) in [5.41, 5.74) is -2.70. The van der Waals surface area contributed by atoms with Crippen LogP contribution in [0.3, 0.4) is 0 Å². The maximum Gasteiger partial charge on any atom is 0.422 e. The number of anilines is 1. The van der Waals surface area contributed by atoms with E-state index in [2.05, 4.69) is 4.98 Å². The third-order valence-corrected chi connectivity index (χ3v) is 5.73. The fourth-order valence-corrected chi connectivity index (χ4v) is 3.77. The quantitative estimate of drug-likeness (QED) is 0.440. The van der Waals surface area contributed by atoms with Crippen LogP contribution in [0.1, 0.15) is 28.4 Å². The fourth-order valence-electron chi connectivity index (χ4n) is 3.77. The Morgan fingerprint density at radius 1 is 1.00 bits per heavy atom. The largest absolute Gasteiger partial charge is 0.483 e. The second kappa shape index (κ2) is 8.77. The van der Waals surface area contributed by atoms with Crippen molar-refractivity contribution in [3.63, 3.8) is 0 Å². The molecule has 1 aliphatic rings. The maximum atomic E-state index is 13.8. The van der Waals surface area contributed by atoms with E-state index in [1.54, 1.807) is 0 Å². The average molecular weight is 514 g/mol. The number of pyridine rings is 1. The number of alkyl halides is 6. The molecule has 4 rings (SSSR count). The molecular weight excluding hydrogens is 497 g/mol. The van der Waals surface area contributed by atoms with Crippen LogP contribution in [0, 0.1) is 5.82 Å². The minimum absolute atomic E-state index is 0.0312. The highest BCUT2D eigenvalue weighted by atomic mass is 19.4. The van der Waals surface area contributed by atoms with Crippen LogP contribution in [0.2, 0.25) is 0 Å². The van der Waals surface area contributed by atoms with Gasteiger partial charge in [0.2, 0.25) is 0 Å². The molecule has 12 heteroatoms. The molecule has 5 nitrogen and oxygen atoms in total. The minimum Gasteiger partial charge on any atom is -0.483 e. The van der Waals surface area contributed by atoms with Crippen LogP contribution in [0.25, 0.3) is 11.3 Å². The Morgan fingerprint density at radius 3 is 2.28 bits per heavy atom. The predicted octanol–water partition coefficient (Wildman–Crippen LogP) is 5.76. The molecular formula is C24H17F7N2O3. The molecule has 1 aliphatic heterocycles. The first-order valence-corrected chi connectivity index (χ1v) is 10.4. The number of fused-ring (bicyclic) bond motifs is 1. The number of carbonyl (C=O) groups is 1. The first kappa shape index (κ1) is 25.4. The summed E-state index contributed by atoms with van der Waals surface area (Å²) in [6.45, 7) is -1.17. The van der Waals surface area contributed by atoms with Gasteiger partial charge in [-0.2, -0.15) is 26.3 Å². The normalized spacial score (nSPS) is 15.6. The summed E-state index contributed by atoms with van der Waals surface area (Å²) >= 11 is 0. The van der Waals surface area contributed by atoms with E-state index < -0.39 is 47.6 Å². The van der Waals surface area contributed by atoms with E-state index in [0.29, 0.717) is 12.5 Å². The first-order valence-electron chi connectivity index (χ1n) is 10.4. The molecule has 1 aromatic heterocycles. The molecule has 36 heavy (non-hydrogen) atoms. The van der Waals surface area contributed by atoms with Crippen molar-refractivity contribution in [2.75, 3.05) is 11.5 Å². The van der Waals surface area contributed by atoms with Gasteiger partial charge in [0.25, 0.3) is 5.91 Å². The lowest BCUT2D eigenvalue weighted by Gasteiger charge is -2.27. The molecule has 1 atom stereocenters. The Bertz CT molecular complexity index is 1300. The standard InChI is InChI=1S/C24H17F7N2O3/c1-22(35,24(29,30)31)13-2-5-15(6-3-13)33-11-18-16(21(33)34)8-9-32-20(18)17-7-4-14(25)10-19(17)36-12-23(26,27)28/h2-10,35H,11-12H2,1H3. The number of aliphatic hydroxyl groups is 1. The van der Waals surface area contributed by atoms with Gasteiger partial charge in [-0.05, 0) is 42.8 Å². The van der Waals surface area contributed by atoms with Gasteiger partial charge in [0, 0.05) is 34.6 Å². The highest BCUT2D eigenvalue weighted by molar-refractivity contribution is 6.11. The Labute approximate surface area is 199 Å². The Kier molecular flexibility index (Phi) is 6.19. The van der Waals surface area contributed by atoms with Gasteiger partial charge in [0.15, 0.2) is 12.2 Å². The zero-order valence-electron chi connectivity index (χ0n) is 18.4. The van der Waals surface area contributed by atoms with E-state index in [9.17, 15) is 40.6 Å². The van der Waals surface area contributed by atoms with Crippen molar-refractivity contribution in [2.45, 2.75) is 31.4 Å². The third kappa shape index (κ3) is 4.72. The second-order valence-electron chi connectivity index (χ2n) is 8.24. The fraction of sp³-hybridized carbons (Fsp3) is 0.250. The van der Waals surface area contributed by atoms with Crippen molar-refractivity contribution < 1.29 is 45.4 Å². The van der Waals surface area contributed by atoms with E-state index in [4.69, 9.17) is 4.74 Å². The molecule has 1 amide bonds. The van der Waals surface area contributed by atoms with Crippen molar-refractivity contribution in [1.82, 2.24) is 4.98 Å². The van der Waals surface area contributed by atoms with Crippen molar-refractivity contribution in [3.05, 3.63) is 77.2 Å². The van der Waals surface area contributed by atoms with Crippen molar-refractivity contribution >= 4 is 11.6 Å². The Hall–Kier alpha value is -3.67. The summed E-state index contributed by atoms with van der Waals surface area (Å²) in [6.07, 6.45) is -8.34. The number of amides is 1. The molecule has 2 heterocycles. The molecule has 0 spiro atoms. The summed E-state index contributed by atoms with van der Waals surface area (Å²) in [4.78, 5) is 18.5. The lowest BCUT2D eigenvalue weighted by molar-refractivity contribution is -0.258. The number of aromatic nitrogens is 1. The number of halogens is 7. The molecule has 0 fully saturated rings. The van der Waals surface area contributed by atoms with Crippen molar-refractivity contribution in [3.8, 4) is 17.0 Å². The maximum absolute atomic E-state index is 13.8. The molecule has 0 aliphatic carbocycles. The Balaban J connectivity index is 1.68. The number of carbonyl (C=O) groups excluding carboxylic acids is 1. The lowest BCUT2D eigenvalue weighted by Crippen LogP contribution is -2.39. The monoisotopic (exact) mass is 514 g/mol. The summed E-state index contributed by atoms with van der Waals surface area (Å²) in [6, 6.07) is 8.93. The first-order chi connectivity index (χ1) is 16.7. The Morgan fingerprint density at radius 2 is 1.67 bits per heavy atom. The number of ether oxygens (including phenoxy) is 1. The van der Waals surface area contributed by atoms with E-state index in [0.717, 1.165) is 24.3 Å². The molecule has 0 radical (unpaired) electrons. The number of benzene rings is 2. The number of hydrogen-bond acceptors (Lipinski definition) is 4. The zero-order chi connectivity index (χ0) is 26.5. The van der Waals surface area contributed by atoms with Gasteiger partial charge >= 0.3 is 12.4 Å². The highest BCUT2D eigenvalue weighted by Crippen LogP contribution is 2.41. The summed E-state index contributed by atoms with van der Waals surface area (Å²) in [5, 5.41) is 9.85. The van der Waals surface area contributed by atoms with Crippen LogP contribution in [0.15, 0.2) is 54.7 Å². The predicted molar refractivity (Wildman–Crippen MR) is 114 cm³/mol. The molecule has 3 aromatic rings. The van der Waals surface area contributed by atoms with Gasteiger partial charge in [-0.3, -0.25) is 9.78 Å². The van der Waals surface area contributed by atoms with Gasteiger partial charge in [-0.15, -0.1) is 0 Å². The molecule has 0 saturated heterocycles. The van der Waals surface area contributed by atoms with E-state index in [1.807, 2.05) is 0 Å². The molecule has 0 saturated carbocycles. The molecule has 1 unspecified atom stereocenters. The molecule has 0 bridgehead atoms. The average Bonchev–Trinajstić information content (AvgIpc) is 3.13. The minimum atomic E-state index is -4.92. The van der Waals surface area contributed by atoms with Crippen LogP contribution >= 0.6 is 0 Å².